The SMILES string of the molecule is Fc1cc2occc2cc1C1CCNCC1. The lowest BCUT2D eigenvalue weighted by Gasteiger charge is -2.23. The number of hydrogen-bond acceptors (Lipinski definition) is 2. The predicted molar refractivity (Wildman–Crippen MR) is 61.0 cm³/mol. The van der Waals surface area contributed by atoms with E-state index in [-0.39, 0.29) is 5.82 Å². The molecule has 0 atom stereocenters. The second kappa shape index (κ2) is 3.91. The fourth-order valence-corrected chi connectivity index (χ4v) is 2.45. The van der Waals surface area contributed by atoms with Crippen molar-refractivity contribution in [3.05, 3.63) is 35.8 Å². The molecule has 1 aliphatic heterocycles. The Morgan fingerprint density at radius 2 is 2.06 bits per heavy atom. The highest BCUT2D eigenvalue weighted by Gasteiger charge is 2.19. The molecule has 0 bridgehead atoms. The highest BCUT2D eigenvalue weighted by molar-refractivity contribution is 5.78. The molecule has 0 spiro atoms. The van der Waals surface area contributed by atoms with Gasteiger partial charge in [0.05, 0.1) is 6.26 Å². The van der Waals surface area contributed by atoms with Gasteiger partial charge in [-0.2, -0.15) is 0 Å². The van der Waals surface area contributed by atoms with Crippen LogP contribution in [0.15, 0.2) is 28.9 Å². The number of rotatable bonds is 1. The van der Waals surface area contributed by atoms with Gasteiger partial charge in [0.1, 0.15) is 11.4 Å². The summed E-state index contributed by atoms with van der Waals surface area (Å²) < 4.78 is 19.1. The van der Waals surface area contributed by atoms with Gasteiger partial charge in [0.25, 0.3) is 0 Å². The summed E-state index contributed by atoms with van der Waals surface area (Å²) in [5, 5.41) is 4.29. The molecule has 3 rings (SSSR count). The van der Waals surface area contributed by atoms with Gasteiger partial charge in [0.2, 0.25) is 0 Å². The third kappa shape index (κ3) is 1.61. The number of nitrogens with one attached hydrogen (secondary N) is 1. The molecule has 2 nitrogen and oxygen atoms in total. The van der Waals surface area contributed by atoms with Gasteiger partial charge in [-0.25, -0.2) is 4.39 Å². The average molecular weight is 219 g/mol. The van der Waals surface area contributed by atoms with Crippen LogP contribution in [0, 0.1) is 5.82 Å². The van der Waals surface area contributed by atoms with E-state index >= 15 is 0 Å². The topological polar surface area (TPSA) is 25.2 Å². The smallest absolute Gasteiger partial charge is 0.136 e. The summed E-state index contributed by atoms with van der Waals surface area (Å²) in [7, 11) is 0. The van der Waals surface area contributed by atoms with Gasteiger partial charge < -0.3 is 9.73 Å². The lowest BCUT2D eigenvalue weighted by molar-refractivity contribution is 0.445. The van der Waals surface area contributed by atoms with Crippen LogP contribution >= 0.6 is 0 Å². The Kier molecular flexibility index (Phi) is 2.40. The van der Waals surface area contributed by atoms with Crippen molar-refractivity contribution in [1.82, 2.24) is 5.32 Å². The number of benzene rings is 1. The van der Waals surface area contributed by atoms with Crippen LogP contribution < -0.4 is 5.32 Å². The highest BCUT2D eigenvalue weighted by Crippen LogP contribution is 2.30. The van der Waals surface area contributed by atoms with Gasteiger partial charge >= 0.3 is 0 Å². The highest BCUT2D eigenvalue weighted by atomic mass is 19.1. The molecule has 3 heteroatoms. The molecule has 0 radical (unpaired) electrons. The van der Waals surface area contributed by atoms with E-state index in [9.17, 15) is 4.39 Å². The van der Waals surface area contributed by atoms with Crippen LogP contribution in [-0.4, -0.2) is 13.1 Å². The Morgan fingerprint density at radius 3 is 2.88 bits per heavy atom. The Bertz CT molecular complexity index is 500. The maximum atomic E-state index is 13.9. The summed E-state index contributed by atoms with van der Waals surface area (Å²) in [4.78, 5) is 0. The average Bonchev–Trinajstić information content (AvgIpc) is 2.76. The van der Waals surface area contributed by atoms with Crippen molar-refractivity contribution in [2.75, 3.05) is 13.1 Å². The van der Waals surface area contributed by atoms with Gasteiger partial charge in [-0.1, -0.05) is 0 Å². The maximum absolute atomic E-state index is 13.9. The Labute approximate surface area is 93.4 Å². The summed E-state index contributed by atoms with van der Waals surface area (Å²) in [5.74, 6) is 0.218. The first-order chi connectivity index (χ1) is 7.84. The quantitative estimate of drug-likeness (QED) is 0.797. The zero-order valence-corrected chi connectivity index (χ0v) is 9.00. The molecule has 0 unspecified atom stereocenters. The van der Waals surface area contributed by atoms with Gasteiger partial charge in [-0.15, -0.1) is 0 Å². The first kappa shape index (κ1) is 9.85. The van der Waals surface area contributed by atoms with E-state index in [0.717, 1.165) is 36.9 Å². The molecule has 1 N–H and O–H groups in total. The summed E-state index contributed by atoms with van der Waals surface area (Å²) in [6.07, 6.45) is 3.64. The fraction of sp³-hybridized carbons (Fsp3) is 0.385. The Hall–Kier alpha value is -1.35. The largest absolute Gasteiger partial charge is 0.464 e. The molecule has 1 saturated heterocycles. The van der Waals surface area contributed by atoms with E-state index in [1.807, 2.05) is 12.1 Å². The van der Waals surface area contributed by atoms with Crippen LogP contribution in [0.5, 0.6) is 0 Å². The number of hydrogen-bond donors (Lipinski definition) is 1. The van der Waals surface area contributed by atoms with Crippen molar-refractivity contribution in [3.8, 4) is 0 Å². The van der Waals surface area contributed by atoms with Crippen molar-refractivity contribution in [3.63, 3.8) is 0 Å². The Balaban J connectivity index is 2.03. The summed E-state index contributed by atoms with van der Waals surface area (Å²) in [6.45, 7) is 1.96. The van der Waals surface area contributed by atoms with Crippen molar-refractivity contribution in [2.45, 2.75) is 18.8 Å². The molecule has 1 aromatic carbocycles. The van der Waals surface area contributed by atoms with Crippen LogP contribution in [0.25, 0.3) is 11.0 Å². The normalized spacial score (nSPS) is 18.1. The molecule has 1 aliphatic rings. The molecule has 16 heavy (non-hydrogen) atoms. The van der Waals surface area contributed by atoms with Gasteiger partial charge in [0.15, 0.2) is 0 Å². The minimum atomic E-state index is -0.130. The van der Waals surface area contributed by atoms with Crippen LogP contribution in [0.2, 0.25) is 0 Å². The van der Waals surface area contributed by atoms with Crippen LogP contribution in [0.1, 0.15) is 24.3 Å². The molecule has 0 saturated carbocycles. The molecule has 0 aliphatic carbocycles. The number of fused-ring (bicyclic) bond motifs is 1. The van der Waals surface area contributed by atoms with Crippen LogP contribution in [0.4, 0.5) is 4.39 Å². The van der Waals surface area contributed by atoms with Crippen molar-refractivity contribution >= 4 is 11.0 Å². The second-order valence-corrected chi connectivity index (χ2v) is 4.36. The van der Waals surface area contributed by atoms with Gasteiger partial charge in [0, 0.05) is 11.5 Å². The van der Waals surface area contributed by atoms with E-state index in [2.05, 4.69) is 5.32 Å². The number of furan rings is 1. The lowest BCUT2D eigenvalue weighted by atomic mass is 9.89. The van der Waals surface area contributed by atoms with Crippen molar-refractivity contribution in [2.24, 2.45) is 0 Å². The molecule has 84 valence electrons. The molecule has 1 aromatic heterocycles. The first-order valence-corrected chi connectivity index (χ1v) is 5.72. The van der Waals surface area contributed by atoms with E-state index in [1.54, 1.807) is 6.26 Å². The molecule has 2 aromatic rings. The van der Waals surface area contributed by atoms with Crippen molar-refractivity contribution in [1.29, 1.82) is 0 Å². The maximum Gasteiger partial charge on any atom is 0.136 e. The predicted octanol–water partition coefficient (Wildman–Crippen LogP) is 3.04. The zero-order chi connectivity index (χ0) is 11.0. The molecule has 1 fully saturated rings. The van der Waals surface area contributed by atoms with Crippen LogP contribution in [-0.2, 0) is 0 Å². The van der Waals surface area contributed by atoms with Crippen LogP contribution in [0.3, 0.4) is 0 Å². The first-order valence-electron chi connectivity index (χ1n) is 5.72. The Morgan fingerprint density at radius 1 is 1.25 bits per heavy atom. The number of piperidine rings is 1. The van der Waals surface area contributed by atoms with Gasteiger partial charge in [-0.3, -0.25) is 0 Å². The van der Waals surface area contributed by atoms with E-state index in [0.29, 0.717) is 11.5 Å². The molecular formula is C13H14FNO. The van der Waals surface area contributed by atoms with E-state index in [4.69, 9.17) is 4.42 Å². The minimum Gasteiger partial charge on any atom is -0.464 e. The van der Waals surface area contributed by atoms with E-state index < -0.39 is 0 Å². The molecule has 2 heterocycles. The monoisotopic (exact) mass is 219 g/mol. The number of halogens is 1. The lowest BCUT2D eigenvalue weighted by Crippen LogP contribution is -2.27. The summed E-state index contributed by atoms with van der Waals surface area (Å²) >= 11 is 0. The van der Waals surface area contributed by atoms with Crippen molar-refractivity contribution < 1.29 is 8.81 Å². The standard InChI is InChI=1S/C13H14FNO/c14-12-8-13-10(3-6-16-13)7-11(12)9-1-4-15-5-2-9/h3,6-9,15H,1-2,4-5H2. The molecular weight excluding hydrogens is 205 g/mol. The second-order valence-electron chi connectivity index (χ2n) is 4.36. The third-order valence-electron chi connectivity index (χ3n) is 3.35. The van der Waals surface area contributed by atoms with E-state index in [1.165, 1.54) is 6.07 Å². The zero-order valence-electron chi connectivity index (χ0n) is 9.00. The minimum absolute atomic E-state index is 0.130. The summed E-state index contributed by atoms with van der Waals surface area (Å²) in [5.41, 5.74) is 1.48. The summed E-state index contributed by atoms with van der Waals surface area (Å²) in [6, 6.07) is 5.33. The van der Waals surface area contributed by atoms with Gasteiger partial charge in [-0.05, 0) is 49.5 Å². The fourth-order valence-electron chi connectivity index (χ4n) is 2.45. The third-order valence-corrected chi connectivity index (χ3v) is 3.35. The molecule has 0 amide bonds.